The van der Waals surface area contributed by atoms with Crippen LogP contribution in [0.2, 0.25) is 0 Å². The molecule has 6 heteroatoms. The van der Waals surface area contributed by atoms with Crippen LogP contribution in [0.4, 0.5) is 5.82 Å². The highest BCUT2D eigenvalue weighted by atomic mass is 79.9. The molecule has 5 rings (SSSR count). The second kappa shape index (κ2) is 10.1. The first-order chi connectivity index (χ1) is 17.9. The minimum absolute atomic E-state index is 0.131. The summed E-state index contributed by atoms with van der Waals surface area (Å²) in [6.07, 6.45) is 1.66. The fourth-order valence-corrected chi connectivity index (χ4v) is 4.96. The van der Waals surface area contributed by atoms with Gasteiger partial charge in [0.05, 0.1) is 11.3 Å². The average molecular weight is 542 g/mol. The first-order valence-corrected chi connectivity index (χ1v) is 12.4. The molecule has 5 nitrogen and oxygen atoms in total. The topological polar surface area (TPSA) is 66.8 Å². The lowest BCUT2D eigenvalue weighted by Gasteiger charge is -2.14. The Hall–Kier alpha value is -4.65. The molecule has 0 aliphatic heterocycles. The van der Waals surface area contributed by atoms with Gasteiger partial charge in [-0.2, -0.15) is 10.2 Å². The summed E-state index contributed by atoms with van der Waals surface area (Å²) >= 11 is 3.79. The smallest absolute Gasteiger partial charge is 0.274 e. The standard InChI is InChI=1S/C31H20BrN5/c1-19-12-20(2)14-23(13-19)25-6-4-5-7-26(25)27-10-8-21(15-28(27)32)29-11-9-22(18-35-29)31-36-24(17-33)16-30(34-3)37-31/h4-16,18H,1-2H3. The molecule has 0 spiro atoms. The number of hydrogen-bond acceptors (Lipinski definition) is 4. The molecule has 0 bridgehead atoms. The summed E-state index contributed by atoms with van der Waals surface area (Å²) in [7, 11) is 0. The van der Waals surface area contributed by atoms with Gasteiger partial charge in [-0.3, -0.25) is 4.98 Å². The molecule has 0 amide bonds. The molecule has 0 aliphatic rings. The third-order valence-electron chi connectivity index (χ3n) is 5.98. The fraction of sp³-hybridized carbons (Fsp3) is 0.0645. The van der Waals surface area contributed by atoms with Crippen molar-refractivity contribution in [1.82, 2.24) is 15.0 Å². The number of hydrogen-bond donors (Lipinski definition) is 0. The van der Waals surface area contributed by atoms with Crippen molar-refractivity contribution in [3.05, 3.63) is 118 Å². The van der Waals surface area contributed by atoms with Gasteiger partial charge in [-0.25, -0.2) is 0 Å². The predicted molar refractivity (Wildman–Crippen MR) is 150 cm³/mol. The molecule has 0 aliphatic carbocycles. The van der Waals surface area contributed by atoms with Crippen LogP contribution >= 0.6 is 15.9 Å². The second-order valence-corrected chi connectivity index (χ2v) is 9.56. The third-order valence-corrected chi connectivity index (χ3v) is 6.63. The summed E-state index contributed by atoms with van der Waals surface area (Å²) in [5.74, 6) is 0.440. The zero-order valence-electron chi connectivity index (χ0n) is 20.2. The van der Waals surface area contributed by atoms with E-state index in [9.17, 15) is 5.26 Å². The van der Waals surface area contributed by atoms with E-state index in [4.69, 9.17) is 6.57 Å². The molecular formula is C31H20BrN5. The van der Waals surface area contributed by atoms with Gasteiger partial charge in [0.25, 0.3) is 11.6 Å². The molecule has 176 valence electrons. The van der Waals surface area contributed by atoms with E-state index >= 15 is 0 Å². The van der Waals surface area contributed by atoms with Crippen molar-refractivity contribution >= 4 is 21.7 Å². The monoisotopic (exact) mass is 541 g/mol. The van der Waals surface area contributed by atoms with Gasteiger partial charge in [0.2, 0.25) is 0 Å². The molecule has 37 heavy (non-hydrogen) atoms. The highest BCUT2D eigenvalue weighted by molar-refractivity contribution is 9.10. The van der Waals surface area contributed by atoms with Crippen LogP contribution in [0.25, 0.3) is 49.7 Å². The SMILES string of the molecule is [C-]#[N+]c1cc(C#N)nc(-c2ccc(-c3ccc(-c4ccccc4-c4cc(C)cc(C)c4)c(Br)c3)nc2)n1. The van der Waals surface area contributed by atoms with Crippen molar-refractivity contribution in [1.29, 1.82) is 5.26 Å². The molecule has 0 radical (unpaired) electrons. The summed E-state index contributed by atoms with van der Waals surface area (Å²) in [6, 6.07) is 28.4. The molecule has 0 fully saturated rings. The largest absolute Gasteiger partial charge is 0.360 e. The van der Waals surface area contributed by atoms with Crippen LogP contribution in [0.1, 0.15) is 16.8 Å². The van der Waals surface area contributed by atoms with Gasteiger partial charge < -0.3 is 4.85 Å². The van der Waals surface area contributed by atoms with E-state index in [0.717, 1.165) is 26.9 Å². The van der Waals surface area contributed by atoms with Crippen LogP contribution in [-0.2, 0) is 0 Å². The van der Waals surface area contributed by atoms with E-state index in [1.54, 1.807) is 6.20 Å². The maximum atomic E-state index is 9.20. The van der Waals surface area contributed by atoms with Crippen molar-refractivity contribution in [2.45, 2.75) is 13.8 Å². The lowest BCUT2D eigenvalue weighted by atomic mass is 9.92. The Kier molecular flexibility index (Phi) is 6.60. The van der Waals surface area contributed by atoms with Crippen LogP contribution in [0, 0.1) is 31.8 Å². The highest BCUT2D eigenvalue weighted by Gasteiger charge is 2.14. The van der Waals surface area contributed by atoms with Crippen LogP contribution in [-0.4, -0.2) is 15.0 Å². The predicted octanol–water partition coefficient (Wildman–Crippen LogP) is 8.34. The van der Waals surface area contributed by atoms with Crippen LogP contribution in [0.3, 0.4) is 0 Å². The van der Waals surface area contributed by atoms with E-state index < -0.39 is 0 Å². The van der Waals surface area contributed by atoms with E-state index in [1.165, 1.54) is 28.3 Å². The van der Waals surface area contributed by atoms with Crippen molar-refractivity contribution in [2.75, 3.05) is 0 Å². The van der Waals surface area contributed by atoms with Crippen molar-refractivity contribution < 1.29 is 0 Å². The minimum atomic E-state index is 0.131. The molecule has 0 unspecified atom stereocenters. The van der Waals surface area contributed by atoms with E-state index in [-0.39, 0.29) is 11.5 Å². The third kappa shape index (κ3) is 5.02. The molecule has 3 aromatic carbocycles. The lowest BCUT2D eigenvalue weighted by molar-refractivity contribution is 1.15. The first kappa shape index (κ1) is 24.1. The number of rotatable bonds is 4. The summed E-state index contributed by atoms with van der Waals surface area (Å²) in [5.41, 5.74) is 9.66. The normalized spacial score (nSPS) is 10.5. The molecule has 2 heterocycles. The fourth-order valence-electron chi connectivity index (χ4n) is 4.37. The van der Waals surface area contributed by atoms with E-state index in [1.807, 2.05) is 18.2 Å². The van der Waals surface area contributed by atoms with E-state index in [0.29, 0.717) is 11.4 Å². The molecule has 2 aromatic heterocycles. The van der Waals surface area contributed by atoms with E-state index in [2.05, 4.69) is 110 Å². The molecule has 0 saturated carbocycles. The quantitative estimate of drug-likeness (QED) is 0.214. The number of aromatic nitrogens is 3. The Bertz CT molecular complexity index is 1670. The van der Waals surface area contributed by atoms with Crippen LogP contribution in [0.5, 0.6) is 0 Å². The van der Waals surface area contributed by atoms with Crippen LogP contribution < -0.4 is 0 Å². The lowest BCUT2D eigenvalue weighted by Crippen LogP contribution is -1.94. The molecule has 5 aromatic rings. The molecule has 0 saturated heterocycles. The maximum Gasteiger partial charge on any atom is 0.274 e. The first-order valence-electron chi connectivity index (χ1n) is 11.6. The Morgan fingerprint density at radius 1 is 0.784 bits per heavy atom. The second-order valence-electron chi connectivity index (χ2n) is 8.71. The van der Waals surface area contributed by atoms with Gasteiger partial charge in [-0.15, -0.1) is 0 Å². The van der Waals surface area contributed by atoms with Crippen molar-refractivity contribution in [2.24, 2.45) is 0 Å². The van der Waals surface area contributed by atoms with Gasteiger partial charge in [0.1, 0.15) is 11.8 Å². The number of benzene rings is 3. The van der Waals surface area contributed by atoms with Gasteiger partial charge in [0, 0.05) is 22.3 Å². The summed E-state index contributed by atoms with van der Waals surface area (Å²) < 4.78 is 0.972. The van der Waals surface area contributed by atoms with Gasteiger partial charge in [0.15, 0.2) is 0 Å². The summed E-state index contributed by atoms with van der Waals surface area (Å²) in [5, 5.41) is 9.20. The zero-order chi connectivity index (χ0) is 25.9. The zero-order valence-corrected chi connectivity index (χ0v) is 21.8. The van der Waals surface area contributed by atoms with Gasteiger partial charge in [-0.1, -0.05) is 93.2 Å². The number of aryl methyl sites for hydroxylation is 2. The summed E-state index contributed by atoms with van der Waals surface area (Å²) in [6.45, 7) is 11.5. The maximum absolute atomic E-state index is 9.20. The number of nitriles is 1. The van der Waals surface area contributed by atoms with Gasteiger partial charge >= 0.3 is 0 Å². The minimum Gasteiger partial charge on any atom is -0.360 e. The number of halogens is 1. The average Bonchev–Trinajstić information content (AvgIpc) is 2.92. The molecular weight excluding hydrogens is 522 g/mol. The molecule has 0 atom stereocenters. The van der Waals surface area contributed by atoms with Crippen LogP contribution in [0.15, 0.2) is 89.5 Å². The molecule has 0 N–H and O–H groups in total. The Morgan fingerprint density at radius 2 is 1.51 bits per heavy atom. The Labute approximate surface area is 224 Å². The number of pyridine rings is 1. The van der Waals surface area contributed by atoms with Gasteiger partial charge in [-0.05, 0) is 54.3 Å². The van der Waals surface area contributed by atoms with Crippen molar-refractivity contribution in [3.8, 4) is 51.0 Å². The Morgan fingerprint density at radius 3 is 2.16 bits per heavy atom. The summed E-state index contributed by atoms with van der Waals surface area (Å²) in [4.78, 5) is 16.4. The number of nitrogens with zero attached hydrogens (tertiary/aromatic N) is 5. The van der Waals surface area contributed by atoms with Crippen molar-refractivity contribution in [3.63, 3.8) is 0 Å². The Balaban J connectivity index is 1.49. The highest BCUT2D eigenvalue weighted by Crippen LogP contribution is 2.38.